The molecule has 144 valence electrons. The number of nitrogens with one attached hydrogen (secondary N) is 1. The van der Waals surface area contributed by atoms with Gasteiger partial charge in [-0.3, -0.25) is 9.59 Å². The molecule has 0 aliphatic rings. The van der Waals surface area contributed by atoms with Crippen LogP contribution >= 0.6 is 0 Å². The first-order valence-corrected chi connectivity index (χ1v) is 8.58. The number of amides is 1. The zero-order valence-corrected chi connectivity index (χ0v) is 15.1. The molecule has 3 aromatic rings. The van der Waals surface area contributed by atoms with Gasteiger partial charge in [-0.05, 0) is 36.4 Å². The van der Waals surface area contributed by atoms with Crippen LogP contribution in [0.4, 0.5) is 4.39 Å². The number of methoxy groups -OCH3 is 1. The number of halogens is 1. The van der Waals surface area contributed by atoms with Gasteiger partial charge in [0.25, 0.3) is 0 Å². The summed E-state index contributed by atoms with van der Waals surface area (Å²) < 4.78 is 23.8. The molecule has 28 heavy (non-hydrogen) atoms. The minimum Gasteiger partial charge on any atom is -0.497 e. The molecule has 0 atom stereocenters. The van der Waals surface area contributed by atoms with Crippen molar-refractivity contribution in [1.82, 2.24) is 15.5 Å². The second-order valence-electron chi connectivity index (χ2n) is 5.92. The lowest BCUT2D eigenvalue weighted by Crippen LogP contribution is -2.23. The van der Waals surface area contributed by atoms with Gasteiger partial charge < -0.3 is 14.6 Å². The Balaban J connectivity index is 1.49. The normalized spacial score (nSPS) is 10.5. The van der Waals surface area contributed by atoms with Crippen LogP contribution in [0, 0.1) is 5.82 Å². The van der Waals surface area contributed by atoms with Gasteiger partial charge in [0.2, 0.25) is 17.6 Å². The number of hydrogen-bond acceptors (Lipinski definition) is 6. The topological polar surface area (TPSA) is 94.3 Å². The van der Waals surface area contributed by atoms with Crippen molar-refractivity contribution < 1.29 is 23.2 Å². The van der Waals surface area contributed by atoms with Crippen LogP contribution in [-0.2, 0) is 11.3 Å². The van der Waals surface area contributed by atoms with E-state index in [2.05, 4.69) is 15.5 Å². The van der Waals surface area contributed by atoms with E-state index in [9.17, 15) is 14.0 Å². The van der Waals surface area contributed by atoms with E-state index >= 15 is 0 Å². The van der Waals surface area contributed by atoms with Gasteiger partial charge in [0, 0.05) is 18.4 Å². The van der Waals surface area contributed by atoms with Crippen molar-refractivity contribution in [3.63, 3.8) is 0 Å². The van der Waals surface area contributed by atoms with Crippen molar-refractivity contribution in [2.45, 2.75) is 19.4 Å². The third-order valence-electron chi connectivity index (χ3n) is 4.01. The standard InChI is InChI=1S/C20H18FN3O4/c1-27-14-8-6-13(7-9-14)20-23-19(28-24-20)12-22-18(26)11-10-17(25)15-4-2-3-5-16(15)21/h2-9H,10-12H2,1H3,(H,22,26). The quantitative estimate of drug-likeness (QED) is 0.601. The molecule has 0 spiro atoms. The summed E-state index contributed by atoms with van der Waals surface area (Å²) in [5.74, 6) is -0.0440. The number of ketones is 1. The molecule has 0 fully saturated rings. The molecule has 8 heteroatoms. The van der Waals surface area contributed by atoms with Crippen LogP contribution in [0.3, 0.4) is 0 Å². The summed E-state index contributed by atoms with van der Waals surface area (Å²) in [5, 5.41) is 6.47. The van der Waals surface area contributed by atoms with Crippen LogP contribution < -0.4 is 10.1 Å². The molecule has 0 unspecified atom stereocenters. The summed E-state index contributed by atoms with van der Waals surface area (Å²) >= 11 is 0. The molecule has 0 radical (unpaired) electrons. The highest BCUT2D eigenvalue weighted by Gasteiger charge is 2.14. The molecule has 1 amide bonds. The summed E-state index contributed by atoms with van der Waals surface area (Å²) in [7, 11) is 1.58. The lowest BCUT2D eigenvalue weighted by molar-refractivity contribution is -0.121. The van der Waals surface area contributed by atoms with Gasteiger partial charge in [-0.2, -0.15) is 4.98 Å². The van der Waals surface area contributed by atoms with Crippen LogP contribution in [0.25, 0.3) is 11.4 Å². The maximum absolute atomic E-state index is 13.6. The maximum atomic E-state index is 13.6. The molecule has 0 saturated carbocycles. The molecule has 1 N–H and O–H groups in total. The van der Waals surface area contributed by atoms with E-state index in [1.165, 1.54) is 18.2 Å². The van der Waals surface area contributed by atoms with Crippen LogP contribution in [0.5, 0.6) is 5.75 Å². The van der Waals surface area contributed by atoms with Gasteiger partial charge in [-0.15, -0.1) is 0 Å². The molecule has 1 aromatic heterocycles. The van der Waals surface area contributed by atoms with Gasteiger partial charge in [-0.1, -0.05) is 17.3 Å². The van der Waals surface area contributed by atoms with Crippen molar-refractivity contribution in [3.05, 3.63) is 65.8 Å². The van der Waals surface area contributed by atoms with E-state index < -0.39 is 11.6 Å². The fourth-order valence-corrected chi connectivity index (χ4v) is 2.50. The predicted molar refractivity (Wildman–Crippen MR) is 98.1 cm³/mol. The number of carbonyl (C=O) groups is 2. The van der Waals surface area contributed by atoms with E-state index in [0.717, 1.165) is 5.56 Å². The van der Waals surface area contributed by atoms with Gasteiger partial charge in [0.05, 0.1) is 19.2 Å². The largest absolute Gasteiger partial charge is 0.497 e. The van der Waals surface area contributed by atoms with Crippen LogP contribution in [0.15, 0.2) is 53.1 Å². The second-order valence-corrected chi connectivity index (χ2v) is 5.92. The maximum Gasteiger partial charge on any atom is 0.246 e. The Morgan fingerprint density at radius 2 is 1.86 bits per heavy atom. The summed E-state index contributed by atoms with van der Waals surface area (Å²) in [5.41, 5.74) is 0.731. The molecule has 0 aliphatic carbocycles. The highest BCUT2D eigenvalue weighted by Crippen LogP contribution is 2.19. The van der Waals surface area contributed by atoms with Crippen molar-refractivity contribution in [2.75, 3.05) is 7.11 Å². The Labute approximate surface area is 160 Å². The van der Waals surface area contributed by atoms with Crippen LogP contribution in [0.2, 0.25) is 0 Å². The Morgan fingerprint density at radius 3 is 2.57 bits per heavy atom. The van der Waals surface area contributed by atoms with Crippen molar-refractivity contribution in [3.8, 4) is 17.1 Å². The number of hydrogen-bond donors (Lipinski definition) is 1. The first-order chi connectivity index (χ1) is 13.6. The third-order valence-corrected chi connectivity index (χ3v) is 4.01. The monoisotopic (exact) mass is 383 g/mol. The summed E-state index contributed by atoms with van der Waals surface area (Å²) in [4.78, 5) is 28.1. The second kappa shape index (κ2) is 8.90. The average molecular weight is 383 g/mol. The molecular formula is C20H18FN3O4. The number of aromatic nitrogens is 2. The Kier molecular flexibility index (Phi) is 6.11. The first kappa shape index (κ1) is 19.2. The zero-order chi connectivity index (χ0) is 19.9. The van der Waals surface area contributed by atoms with Crippen molar-refractivity contribution in [1.29, 1.82) is 0 Å². The SMILES string of the molecule is COc1ccc(-c2noc(CNC(=O)CCC(=O)c3ccccc3F)n2)cc1. The number of carbonyl (C=O) groups excluding carboxylic acids is 2. The molecule has 0 saturated heterocycles. The number of benzene rings is 2. The van der Waals surface area contributed by atoms with Crippen molar-refractivity contribution >= 4 is 11.7 Å². The highest BCUT2D eigenvalue weighted by molar-refractivity contribution is 5.98. The highest BCUT2D eigenvalue weighted by atomic mass is 19.1. The van der Waals surface area contributed by atoms with E-state index in [0.29, 0.717) is 11.6 Å². The molecule has 1 heterocycles. The smallest absolute Gasteiger partial charge is 0.246 e. The lowest BCUT2D eigenvalue weighted by atomic mass is 10.1. The molecule has 7 nitrogen and oxygen atoms in total. The molecule has 0 aliphatic heterocycles. The minimum atomic E-state index is -0.593. The van der Waals surface area contributed by atoms with Gasteiger partial charge in [0.15, 0.2) is 5.78 Å². The number of ether oxygens (including phenoxy) is 1. The Bertz CT molecular complexity index is 970. The fourth-order valence-electron chi connectivity index (χ4n) is 2.50. The zero-order valence-electron chi connectivity index (χ0n) is 15.1. The fraction of sp³-hybridized carbons (Fsp3) is 0.200. The van der Waals surface area contributed by atoms with Gasteiger partial charge in [-0.25, -0.2) is 4.39 Å². The lowest BCUT2D eigenvalue weighted by Gasteiger charge is -2.03. The third kappa shape index (κ3) is 4.79. The van der Waals surface area contributed by atoms with E-state index in [4.69, 9.17) is 9.26 Å². The molecular weight excluding hydrogens is 365 g/mol. The first-order valence-electron chi connectivity index (χ1n) is 8.58. The van der Waals surface area contributed by atoms with Crippen molar-refractivity contribution in [2.24, 2.45) is 0 Å². The van der Waals surface area contributed by atoms with E-state index in [1.807, 2.05) is 0 Å². The minimum absolute atomic E-state index is 0.0173. The Morgan fingerprint density at radius 1 is 1.11 bits per heavy atom. The summed E-state index contributed by atoms with van der Waals surface area (Å²) in [6.45, 7) is 0.0376. The summed E-state index contributed by atoms with van der Waals surface area (Å²) in [6.07, 6.45) is -0.152. The van der Waals surface area contributed by atoms with E-state index in [1.54, 1.807) is 37.4 Å². The van der Waals surface area contributed by atoms with E-state index in [-0.39, 0.29) is 36.7 Å². The van der Waals surface area contributed by atoms with Gasteiger partial charge in [0.1, 0.15) is 11.6 Å². The van der Waals surface area contributed by atoms with Crippen LogP contribution in [-0.4, -0.2) is 28.9 Å². The predicted octanol–water partition coefficient (Wildman–Crippen LogP) is 3.16. The van der Waals surface area contributed by atoms with Crippen LogP contribution in [0.1, 0.15) is 29.1 Å². The number of Topliss-reactive ketones (excluding diaryl/α,β-unsaturated/α-hetero) is 1. The molecule has 3 rings (SSSR count). The Hall–Kier alpha value is -3.55. The molecule has 2 aromatic carbocycles. The van der Waals surface area contributed by atoms with Gasteiger partial charge >= 0.3 is 0 Å². The number of nitrogens with zero attached hydrogens (tertiary/aromatic N) is 2. The summed E-state index contributed by atoms with van der Waals surface area (Å²) in [6, 6.07) is 12.8. The molecule has 0 bridgehead atoms. The average Bonchev–Trinajstić information content (AvgIpc) is 3.20. The number of rotatable bonds is 8.